The summed E-state index contributed by atoms with van der Waals surface area (Å²) in [6.45, 7) is 1.99. The van der Waals surface area contributed by atoms with Crippen molar-refractivity contribution in [1.29, 1.82) is 0 Å². The highest BCUT2D eigenvalue weighted by molar-refractivity contribution is 6.42. The first-order chi connectivity index (χ1) is 14.8. The van der Waals surface area contributed by atoms with Crippen LogP contribution in [0.2, 0.25) is 10.0 Å². The number of aromatic nitrogens is 1. The van der Waals surface area contributed by atoms with Crippen LogP contribution < -0.4 is 16.0 Å². The highest BCUT2D eigenvalue weighted by atomic mass is 35.5. The molecule has 4 rings (SSSR count). The summed E-state index contributed by atoms with van der Waals surface area (Å²) in [5.41, 5.74) is 7.18. The molecule has 3 heterocycles. The Balaban J connectivity index is 1.97. The zero-order valence-electron chi connectivity index (χ0n) is 16.6. The van der Waals surface area contributed by atoms with Crippen LogP contribution in [-0.2, 0) is 16.1 Å². The SMILES string of the molecule is COC(=O)C1=C(N)Oc2cc(C)n(Cc3ccco3)c(=O)c2C1c1ccc(Cl)c(Cl)c1. The maximum atomic E-state index is 13.6. The van der Waals surface area contributed by atoms with Crippen LogP contribution in [0, 0.1) is 6.92 Å². The molecule has 0 saturated heterocycles. The number of hydrogen-bond donors (Lipinski definition) is 1. The number of esters is 1. The molecule has 2 N–H and O–H groups in total. The molecule has 0 aliphatic carbocycles. The van der Waals surface area contributed by atoms with Crippen LogP contribution in [0.4, 0.5) is 0 Å². The van der Waals surface area contributed by atoms with Gasteiger partial charge in [-0.15, -0.1) is 0 Å². The molecule has 1 unspecified atom stereocenters. The van der Waals surface area contributed by atoms with Crippen molar-refractivity contribution >= 4 is 29.2 Å². The molecule has 1 aliphatic heterocycles. The molecule has 0 bridgehead atoms. The van der Waals surface area contributed by atoms with Gasteiger partial charge in [-0.1, -0.05) is 29.3 Å². The van der Waals surface area contributed by atoms with Crippen LogP contribution in [0.3, 0.4) is 0 Å². The molecule has 2 aromatic heterocycles. The lowest BCUT2D eigenvalue weighted by Crippen LogP contribution is -2.35. The number of nitrogens with zero attached hydrogens (tertiary/aromatic N) is 1. The molecule has 7 nitrogen and oxygen atoms in total. The normalized spacial score (nSPS) is 15.4. The van der Waals surface area contributed by atoms with E-state index < -0.39 is 11.9 Å². The number of benzene rings is 1. The molecule has 0 radical (unpaired) electrons. The van der Waals surface area contributed by atoms with E-state index in [-0.39, 0.29) is 39.9 Å². The van der Waals surface area contributed by atoms with Crippen molar-refractivity contribution in [1.82, 2.24) is 4.57 Å². The minimum Gasteiger partial charge on any atom is -0.467 e. The Bertz CT molecular complexity index is 1260. The molecule has 0 spiro atoms. The number of methoxy groups -OCH3 is 1. The molecular weight excluding hydrogens is 443 g/mol. The highest BCUT2D eigenvalue weighted by Crippen LogP contribution is 2.42. The fourth-order valence-corrected chi connectivity index (χ4v) is 3.98. The predicted molar refractivity (Wildman–Crippen MR) is 115 cm³/mol. The van der Waals surface area contributed by atoms with Gasteiger partial charge in [0, 0.05) is 11.8 Å². The van der Waals surface area contributed by atoms with Crippen LogP contribution in [0.5, 0.6) is 5.75 Å². The molecule has 1 aromatic carbocycles. The van der Waals surface area contributed by atoms with E-state index >= 15 is 0 Å². The van der Waals surface area contributed by atoms with Crippen molar-refractivity contribution in [2.24, 2.45) is 5.73 Å². The Morgan fingerprint density at radius 2 is 2.00 bits per heavy atom. The number of halogens is 2. The predicted octanol–water partition coefficient (Wildman–Crippen LogP) is 3.97. The summed E-state index contributed by atoms with van der Waals surface area (Å²) in [5, 5.41) is 0.617. The number of carbonyl (C=O) groups excluding carboxylic acids is 1. The minimum absolute atomic E-state index is 0.0129. The topological polar surface area (TPSA) is 96.7 Å². The number of nitrogens with two attached hydrogens (primary N) is 1. The molecule has 1 atom stereocenters. The van der Waals surface area contributed by atoms with E-state index in [9.17, 15) is 9.59 Å². The van der Waals surface area contributed by atoms with Crippen LogP contribution in [0.25, 0.3) is 0 Å². The second kappa shape index (κ2) is 8.17. The van der Waals surface area contributed by atoms with Gasteiger partial charge in [-0.05, 0) is 36.8 Å². The van der Waals surface area contributed by atoms with Gasteiger partial charge >= 0.3 is 5.97 Å². The van der Waals surface area contributed by atoms with E-state index in [0.29, 0.717) is 22.0 Å². The van der Waals surface area contributed by atoms with Crippen LogP contribution >= 0.6 is 23.2 Å². The second-order valence-electron chi connectivity index (χ2n) is 7.01. The van der Waals surface area contributed by atoms with Gasteiger partial charge in [0.05, 0.1) is 41.4 Å². The summed E-state index contributed by atoms with van der Waals surface area (Å²) in [4.78, 5) is 26.2. The van der Waals surface area contributed by atoms with Gasteiger partial charge in [-0.2, -0.15) is 0 Å². The monoisotopic (exact) mass is 460 g/mol. The van der Waals surface area contributed by atoms with Crippen molar-refractivity contribution in [2.45, 2.75) is 19.4 Å². The van der Waals surface area contributed by atoms with Crippen molar-refractivity contribution in [3.8, 4) is 5.75 Å². The van der Waals surface area contributed by atoms with Crippen molar-refractivity contribution in [3.05, 3.63) is 97.1 Å². The number of fused-ring (bicyclic) bond motifs is 1. The van der Waals surface area contributed by atoms with E-state index in [4.69, 9.17) is 42.8 Å². The van der Waals surface area contributed by atoms with Gasteiger partial charge in [-0.3, -0.25) is 4.79 Å². The molecule has 31 heavy (non-hydrogen) atoms. The van der Waals surface area contributed by atoms with Gasteiger partial charge in [0.1, 0.15) is 17.1 Å². The van der Waals surface area contributed by atoms with Crippen molar-refractivity contribution < 1.29 is 18.7 Å². The third-order valence-corrected chi connectivity index (χ3v) is 5.88. The highest BCUT2D eigenvalue weighted by Gasteiger charge is 2.38. The lowest BCUT2D eigenvalue weighted by molar-refractivity contribution is -0.136. The number of rotatable bonds is 4. The second-order valence-corrected chi connectivity index (χ2v) is 7.83. The summed E-state index contributed by atoms with van der Waals surface area (Å²) in [5.74, 6) is -0.840. The third-order valence-electron chi connectivity index (χ3n) is 5.15. The summed E-state index contributed by atoms with van der Waals surface area (Å²) in [6.07, 6.45) is 1.54. The van der Waals surface area contributed by atoms with Crippen LogP contribution in [-0.4, -0.2) is 17.6 Å². The lowest BCUT2D eigenvalue weighted by atomic mass is 9.83. The maximum Gasteiger partial charge on any atom is 0.340 e. The summed E-state index contributed by atoms with van der Waals surface area (Å²) >= 11 is 12.3. The summed E-state index contributed by atoms with van der Waals surface area (Å²) in [6, 6.07) is 10.1. The number of ether oxygens (including phenoxy) is 2. The number of carbonyl (C=O) groups is 1. The molecule has 3 aromatic rings. The maximum absolute atomic E-state index is 13.6. The fourth-order valence-electron chi connectivity index (χ4n) is 3.68. The molecule has 160 valence electrons. The van der Waals surface area contributed by atoms with Crippen molar-refractivity contribution in [3.63, 3.8) is 0 Å². The van der Waals surface area contributed by atoms with Crippen LogP contribution in [0.1, 0.15) is 28.5 Å². The zero-order valence-corrected chi connectivity index (χ0v) is 18.2. The Labute approximate surface area is 187 Å². The third kappa shape index (κ3) is 3.71. The molecule has 0 amide bonds. The molecular formula is C22H18Cl2N2O5. The average Bonchev–Trinajstić information content (AvgIpc) is 3.25. The summed E-state index contributed by atoms with van der Waals surface area (Å²) < 4.78 is 17.5. The molecule has 9 heteroatoms. The van der Waals surface area contributed by atoms with E-state index in [0.717, 1.165) is 0 Å². The first-order valence-electron chi connectivity index (χ1n) is 9.29. The van der Waals surface area contributed by atoms with Crippen LogP contribution in [0.15, 0.2) is 63.3 Å². The largest absolute Gasteiger partial charge is 0.467 e. The smallest absolute Gasteiger partial charge is 0.340 e. The van der Waals surface area contributed by atoms with E-state index in [1.165, 1.54) is 13.4 Å². The quantitative estimate of drug-likeness (QED) is 0.591. The number of pyridine rings is 1. The Hall–Kier alpha value is -3.16. The van der Waals surface area contributed by atoms with Crippen molar-refractivity contribution in [2.75, 3.05) is 7.11 Å². The van der Waals surface area contributed by atoms with E-state index in [1.54, 1.807) is 47.9 Å². The van der Waals surface area contributed by atoms with Gasteiger partial charge < -0.3 is 24.2 Å². The Kier molecular flexibility index (Phi) is 5.56. The van der Waals surface area contributed by atoms with Gasteiger partial charge in [0.25, 0.3) is 5.56 Å². The zero-order chi connectivity index (χ0) is 22.3. The first kappa shape index (κ1) is 21.1. The average molecular weight is 461 g/mol. The van der Waals surface area contributed by atoms with E-state index in [2.05, 4.69) is 0 Å². The molecule has 0 saturated carbocycles. The van der Waals surface area contributed by atoms with Gasteiger partial charge in [0.15, 0.2) is 0 Å². The minimum atomic E-state index is -0.859. The molecule has 0 fully saturated rings. The number of furan rings is 1. The van der Waals surface area contributed by atoms with E-state index in [1.807, 2.05) is 0 Å². The Morgan fingerprint density at radius 1 is 1.23 bits per heavy atom. The summed E-state index contributed by atoms with van der Waals surface area (Å²) in [7, 11) is 1.23. The first-order valence-corrected chi connectivity index (χ1v) is 10.0. The number of aryl methyl sites for hydroxylation is 1. The van der Waals surface area contributed by atoms with Gasteiger partial charge in [0.2, 0.25) is 5.88 Å². The fraction of sp³-hybridized carbons (Fsp3) is 0.182. The number of hydrogen-bond acceptors (Lipinski definition) is 6. The van der Waals surface area contributed by atoms with Gasteiger partial charge in [-0.25, -0.2) is 4.79 Å². The molecule has 1 aliphatic rings. The Morgan fingerprint density at radius 3 is 2.65 bits per heavy atom. The lowest BCUT2D eigenvalue weighted by Gasteiger charge is -2.29. The standard InChI is InChI=1S/C22H18Cl2N2O5/c1-11-8-16-18(21(27)26(11)10-13-4-3-7-30-13)17(12-5-6-14(23)15(24)9-12)19(20(25)31-16)22(28)29-2/h3-9,17H,10,25H2,1-2H3.